The van der Waals surface area contributed by atoms with Crippen molar-refractivity contribution in [2.24, 2.45) is 0 Å². The molecule has 116 valence electrons. The van der Waals surface area contributed by atoms with E-state index >= 15 is 0 Å². The van der Waals surface area contributed by atoms with Crippen LogP contribution in [0.5, 0.6) is 0 Å². The zero-order valence-corrected chi connectivity index (χ0v) is 14.4. The third-order valence-corrected chi connectivity index (χ3v) is 5.06. The monoisotopic (exact) mass is 328 g/mol. The van der Waals surface area contributed by atoms with Crippen LogP contribution in [-0.4, -0.2) is 53.8 Å². The second kappa shape index (κ2) is 6.66. The van der Waals surface area contributed by atoms with Crippen molar-refractivity contribution >= 4 is 29.0 Å². The van der Waals surface area contributed by atoms with Crippen molar-refractivity contribution in [3.05, 3.63) is 33.8 Å². The van der Waals surface area contributed by atoms with Gasteiger partial charge in [-0.05, 0) is 46.0 Å². The smallest absolute Gasteiger partial charge is 0.181 e. The van der Waals surface area contributed by atoms with Crippen molar-refractivity contribution in [3.8, 4) is 0 Å². The van der Waals surface area contributed by atoms with Crippen LogP contribution in [0.15, 0.2) is 18.2 Å². The van der Waals surface area contributed by atoms with Crippen LogP contribution >= 0.6 is 23.2 Å². The highest BCUT2D eigenvalue weighted by Crippen LogP contribution is 2.24. The summed E-state index contributed by atoms with van der Waals surface area (Å²) in [5.41, 5.74) is 0.549. The number of benzene rings is 1. The SMILES string of the molecule is CC(C(=O)c1ccc(Cl)cc1Cl)N1CC(C)N(C)C(C)C1. The Morgan fingerprint density at radius 2 is 1.81 bits per heavy atom. The van der Waals surface area contributed by atoms with Gasteiger partial charge >= 0.3 is 0 Å². The molecule has 0 bridgehead atoms. The number of nitrogens with zero attached hydrogens (tertiary/aromatic N) is 2. The molecular formula is C16H22Cl2N2O. The summed E-state index contributed by atoms with van der Waals surface area (Å²) in [6.45, 7) is 8.11. The Bertz CT molecular complexity index is 523. The van der Waals surface area contributed by atoms with Crippen molar-refractivity contribution in [3.63, 3.8) is 0 Å². The molecule has 3 unspecified atom stereocenters. The number of likely N-dealkylation sites (N-methyl/N-ethyl adjacent to an activating group) is 1. The number of piperazine rings is 1. The predicted molar refractivity (Wildman–Crippen MR) is 88.5 cm³/mol. The molecule has 1 aliphatic rings. The Hall–Kier alpha value is -0.610. The second-order valence-electron chi connectivity index (χ2n) is 5.98. The first-order valence-corrected chi connectivity index (χ1v) is 8.02. The summed E-state index contributed by atoms with van der Waals surface area (Å²) in [4.78, 5) is 17.3. The first-order chi connectivity index (χ1) is 9.81. The average molecular weight is 329 g/mol. The third-order valence-electron chi connectivity index (χ3n) is 4.51. The van der Waals surface area contributed by atoms with Crippen LogP contribution in [0.1, 0.15) is 31.1 Å². The van der Waals surface area contributed by atoms with Crippen LogP contribution in [-0.2, 0) is 0 Å². The van der Waals surface area contributed by atoms with E-state index in [1.807, 2.05) is 6.92 Å². The van der Waals surface area contributed by atoms with E-state index in [4.69, 9.17) is 23.2 Å². The Morgan fingerprint density at radius 1 is 1.24 bits per heavy atom. The number of carbonyl (C=O) groups excluding carboxylic acids is 1. The fourth-order valence-corrected chi connectivity index (χ4v) is 3.34. The molecule has 1 heterocycles. The van der Waals surface area contributed by atoms with E-state index in [-0.39, 0.29) is 11.8 Å². The molecule has 1 saturated heterocycles. The molecule has 21 heavy (non-hydrogen) atoms. The number of carbonyl (C=O) groups is 1. The number of halogens is 2. The lowest BCUT2D eigenvalue weighted by Crippen LogP contribution is -2.58. The maximum absolute atomic E-state index is 12.7. The van der Waals surface area contributed by atoms with Crippen molar-refractivity contribution in [1.29, 1.82) is 0 Å². The molecule has 2 rings (SSSR count). The van der Waals surface area contributed by atoms with E-state index < -0.39 is 0 Å². The van der Waals surface area contributed by atoms with Crippen molar-refractivity contribution < 1.29 is 4.79 Å². The van der Waals surface area contributed by atoms with E-state index in [9.17, 15) is 4.79 Å². The number of Topliss-reactive ketones (excluding diaryl/α,β-unsaturated/α-hetero) is 1. The molecule has 1 fully saturated rings. The van der Waals surface area contributed by atoms with Crippen molar-refractivity contribution in [2.75, 3.05) is 20.1 Å². The van der Waals surface area contributed by atoms with Gasteiger partial charge in [0.05, 0.1) is 11.1 Å². The number of rotatable bonds is 3. The summed E-state index contributed by atoms with van der Waals surface area (Å²) >= 11 is 12.0. The highest BCUT2D eigenvalue weighted by molar-refractivity contribution is 6.37. The van der Waals surface area contributed by atoms with Crippen LogP contribution in [0.2, 0.25) is 10.0 Å². The van der Waals surface area contributed by atoms with Gasteiger partial charge in [-0.1, -0.05) is 23.2 Å². The summed E-state index contributed by atoms with van der Waals surface area (Å²) in [5, 5.41) is 0.973. The number of hydrogen-bond acceptors (Lipinski definition) is 3. The molecule has 0 aliphatic carbocycles. The van der Waals surface area contributed by atoms with E-state index in [1.54, 1.807) is 18.2 Å². The molecule has 1 aromatic carbocycles. The van der Waals surface area contributed by atoms with Gasteiger partial charge in [0, 0.05) is 35.8 Å². The lowest BCUT2D eigenvalue weighted by Gasteiger charge is -2.44. The quantitative estimate of drug-likeness (QED) is 0.792. The van der Waals surface area contributed by atoms with E-state index in [1.165, 1.54) is 0 Å². The van der Waals surface area contributed by atoms with Gasteiger partial charge in [0.15, 0.2) is 5.78 Å². The topological polar surface area (TPSA) is 23.6 Å². The predicted octanol–water partition coefficient (Wildman–Crippen LogP) is 3.59. The fraction of sp³-hybridized carbons (Fsp3) is 0.562. The minimum absolute atomic E-state index is 0.0561. The summed E-state index contributed by atoms with van der Waals surface area (Å²) in [6.07, 6.45) is 0. The Kier molecular flexibility index (Phi) is 5.31. The van der Waals surface area contributed by atoms with E-state index in [0.29, 0.717) is 27.7 Å². The molecule has 0 amide bonds. The molecule has 0 saturated carbocycles. The van der Waals surface area contributed by atoms with Gasteiger partial charge in [0.2, 0.25) is 0 Å². The van der Waals surface area contributed by atoms with Crippen molar-refractivity contribution in [2.45, 2.75) is 38.9 Å². The largest absolute Gasteiger partial charge is 0.298 e. The standard InChI is InChI=1S/C16H22Cl2N2O/c1-10-8-20(9-11(2)19(10)4)12(3)16(21)14-6-5-13(17)7-15(14)18/h5-7,10-12H,8-9H2,1-4H3. The molecule has 5 heteroatoms. The first-order valence-electron chi connectivity index (χ1n) is 7.26. The van der Waals surface area contributed by atoms with Crippen LogP contribution in [0, 0.1) is 0 Å². The molecule has 1 aromatic rings. The lowest BCUT2D eigenvalue weighted by molar-refractivity contribution is 0.0355. The molecular weight excluding hydrogens is 307 g/mol. The average Bonchev–Trinajstić information content (AvgIpc) is 2.42. The van der Waals surface area contributed by atoms with Gasteiger partial charge < -0.3 is 0 Å². The third kappa shape index (κ3) is 3.59. The first kappa shape index (κ1) is 16.8. The number of hydrogen-bond donors (Lipinski definition) is 0. The molecule has 1 aliphatic heterocycles. The summed E-state index contributed by atoms with van der Waals surface area (Å²) < 4.78 is 0. The van der Waals surface area contributed by atoms with Crippen LogP contribution in [0.4, 0.5) is 0 Å². The maximum atomic E-state index is 12.7. The van der Waals surface area contributed by atoms with Gasteiger partial charge in [0.25, 0.3) is 0 Å². The Morgan fingerprint density at radius 3 is 2.33 bits per heavy atom. The number of ketones is 1. The Balaban J connectivity index is 2.16. The van der Waals surface area contributed by atoms with Gasteiger partial charge in [-0.25, -0.2) is 0 Å². The van der Waals surface area contributed by atoms with E-state index in [2.05, 4.69) is 30.7 Å². The Labute approximate surface area is 136 Å². The lowest BCUT2D eigenvalue weighted by atomic mass is 10.0. The van der Waals surface area contributed by atoms with Crippen LogP contribution in [0.3, 0.4) is 0 Å². The molecule has 0 spiro atoms. The summed E-state index contributed by atoms with van der Waals surface area (Å²) in [7, 11) is 2.13. The molecule has 0 radical (unpaired) electrons. The highest BCUT2D eigenvalue weighted by Gasteiger charge is 2.32. The maximum Gasteiger partial charge on any atom is 0.181 e. The minimum atomic E-state index is -0.178. The minimum Gasteiger partial charge on any atom is -0.298 e. The zero-order chi connectivity index (χ0) is 15.7. The summed E-state index contributed by atoms with van der Waals surface area (Å²) in [5.74, 6) is 0.0561. The van der Waals surface area contributed by atoms with Crippen molar-refractivity contribution in [1.82, 2.24) is 9.80 Å². The van der Waals surface area contributed by atoms with Gasteiger partial charge in [-0.15, -0.1) is 0 Å². The normalized spacial score (nSPS) is 25.8. The molecule has 3 atom stereocenters. The second-order valence-corrected chi connectivity index (χ2v) is 6.83. The molecule has 0 N–H and O–H groups in total. The fourth-order valence-electron chi connectivity index (χ4n) is 2.84. The van der Waals surface area contributed by atoms with Gasteiger partial charge in [-0.3, -0.25) is 14.6 Å². The molecule has 0 aromatic heterocycles. The molecule has 3 nitrogen and oxygen atoms in total. The highest BCUT2D eigenvalue weighted by atomic mass is 35.5. The van der Waals surface area contributed by atoms with Crippen LogP contribution in [0.25, 0.3) is 0 Å². The van der Waals surface area contributed by atoms with Crippen LogP contribution < -0.4 is 0 Å². The van der Waals surface area contributed by atoms with Gasteiger partial charge in [0.1, 0.15) is 0 Å². The zero-order valence-electron chi connectivity index (χ0n) is 12.9. The summed E-state index contributed by atoms with van der Waals surface area (Å²) in [6, 6.07) is 5.74. The van der Waals surface area contributed by atoms with E-state index in [0.717, 1.165) is 13.1 Å². The van der Waals surface area contributed by atoms with Gasteiger partial charge in [-0.2, -0.15) is 0 Å².